The van der Waals surface area contributed by atoms with Gasteiger partial charge in [0.1, 0.15) is 5.92 Å². The average Bonchev–Trinajstić information content (AvgIpc) is 2.80. The first-order chi connectivity index (χ1) is 9.45. The van der Waals surface area contributed by atoms with Crippen molar-refractivity contribution in [3.8, 4) is 0 Å². The Morgan fingerprint density at radius 2 is 2.00 bits per heavy atom. The van der Waals surface area contributed by atoms with Crippen LogP contribution in [0.4, 0.5) is 4.79 Å². The van der Waals surface area contributed by atoms with Gasteiger partial charge in [0.15, 0.2) is 0 Å². The number of imide groups is 2. The molecule has 2 atom stereocenters. The lowest BCUT2D eigenvalue weighted by molar-refractivity contribution is -0.144. The average molecular weight is 281 g/mol. The summed E-state index contributed by atoms with van der Waals surface area (Å²) in [7, 11) is 0. The fraction of sp³-hybridized carbons (Fsp3) is 0.786. The van der Waals surface area contributed by atoms with Gasteiger partial charge in [-0.3, -0.25) is 24.7 Å². The molecule has 112 valence electrons. The van der Waals surface area contributed by atoms with Crippen molar-refractivity contribution < 1.29 is 14.4 Å². The molecule has 2 rings (SSSR count). The maximum absolute atomic E-state index is 12.4. The van der Waals surface area contributed by atoms with Crippen LogP contribution in [0.1, 0.15) is 33.6 Å². The number of carbonyl (C=O) groups is 3. The Kier molecular flexibility index (Phi) is 4.42. The SMILES string of the molecule is CCN1CCCC1CN1C(=O)NC(=O)C(C(C)C)C1=O. The topological polar surface area (TPSA) is 69.7 Å². The van der Waals surface area contributed by atoms with E-state index in [2.05, 4.69) is 17.1 Å². The van der Waals surface area contributed by atoms with Crippen molar-refractivity contribution in [2.75, 3.05) is 19.6 Å². The summed E-state index contributed by atoms with van der Waals surface area (Å²) in [5, 5.41) is 2.31. The van der Waals surface area contributed by atoms with E-state index in [-0.39, 0.29) is 17.9 Å². The quantitative estimate of drug-likeness (QED) is 0.775. The number of hydrogen-bond acceptors (Lipinski definition) is 4. The van der Waals surface area contributed by atoms with E-state index in [1.54, 1.807) is 0 Å². The molecule has 0 aromatic heterocycles. The van der Waals surface area contributed by atoms with Crippen LogP contribution in [0.25, 0.3) is 0 Å². The highest BCUT2D eigenvalue weighted by Gasteiger charge is 2.43. The van der Waals surface area contributed by atoms with Gasteiger partial charge in [0.05, 0.1) is 0 Å². The van der Waals surface area contributed by atoms with Crippen LogP contribution in [0.15, 0.2) is 0 Å². The lowest BCUT2D eigenvalue weighted by atomic mass is 9.92. The van der Waals surface area contributed by atoms with Gasteiger partial charge in [0, 0.05) is 12.6 Å². The number of hydrogen-bond donors (Lipinski definition) is 1. The van der Waals surface area contributed by atoms with Gasteiger partial charge in [-0.1, -0.05) is 20.8 Å². The number of rotatable bonds is 4. The van der Waals surface area contributed by atoms with Crippen LogP contribution < -0.4 is 5.32 Å². The summed E-state index contributed by atoms with van der Waals surface area (Å²) >= 11 is 0. The maximum Gasteiger partial charge on any atom is 0.330 e. The molecule has 6 nitrogen and oxygen atoms in total. The van der Waals surface area contributed by atoms with Crippen molar-refractivity contribution in [3.63, 3.8) is 0 Å². The Labute approximate surface area is 119 Å². The first kappa shape index (κ1) is 15.0. The maximum atomic E-state index is 12.4. The Hall–Kier alpha value is -1.43. The Balaban J connectivity index is 2.11. The molecule has 0 aliphatic carbocycles. The second kappa shape index (κ2) is 5.91. The van der Waals surface area contributed by atoms with Crippen LogP contribution in [0.2, 0.25) is 0 Å². The van der Waals surface area contributed by atoms with Gasteiger partial charge in [-0.05, 0) is 31.8 Å². The lowest BCUT2D eigenvalue weighted by Gasteiger charge is -2.35. The molecule has 0 saturated carbocycles. The molecule has 2 fully saturated rings. The Morgan fingerprint density at radius 3 is 2.60 bits per heavy atom. The normalized spacial score (nSPS) is 28.4. The second-order valence-corrected chi connectivity index (χ2v) is 5.89. The molecule has 2 unspecified atom stereocenters. The largest absolute Gasteiger partial charge is 0.330 e. The molecule has 0 aromatic carbocycles. The third-order valence-corrected chi connectivity index (χ3v) is 4.26. The molecular formula is C14H23N3O3. The van der Waals surface area contributed by atoms with Crippen LogP contribution in [0.5, 0.6) is 0 Å². The number of nitrogens with zero attached hydrogens (tertiary/aromatic N) is 2. The zero-order valence-electron chi connectivity index (χ0n) is 12.4. The van der Waals surface area contributed by atoms with Gasteiger partial charge in [-0.15, -0.1) is 0 Å². The minimum atomic E-state index is -0.746. The Morgan fingerprint density at radius 1 is 1.30 bits per heavy atom. The highest BCUT2D eigenvalue weighted by molar-refractivity contribution is 6.16. The van der Waals surface area contributed by atoms with Crippen LogP contribution in [-0.2, 0) is 9.59 Å². The molecule has 0 bridgehead atoms. The molecule has 0 radical (unpaired) electrons. The van der Waals surface area contributed by atoms with E-state index in [4.69, 9.17) is 0 Å². The smallest absolute Gasteiger partial charge is 0.299 e. The molecule has 2 heterocycles. The molecule has 0 spiro atoms. The summed E-state index contributed by atoms with van der Waals surface area (Å²) in [6.07, 6.45) is 2.08. The van der Waals surface area contributed by atoms with E-state index in [0.29, 0.717) is 6.54 Å². The number of urea groups is 1. The van der Waals surface area contributed by atoms with Gasteiger partial charge >= 0.3 is 6.03 Å². The van der Waals surface area contributed by atoms with Gasteiger partial charge in [-0.2, -0.15) is 0 Å². The molecule has 2 aliphatic rings. The van der Waals surface area contributed by atoms with E-state index >= 15 is 0 Å². The molecule has 4 amide bonds. The van der Waals surface area contributed by atoms with Gasteiger partial charge < -0.3 is 0 Å². The van der Waals surface area contributed by atoms with Crippen molar-refractivity contribution in [2.24, 2.45) is 11.8 Å². The zero-order chi connectivity index (χ0) is 14.9. The van der Waals surface area contributed by atoms with Gasteiger partial charge in [-0.25, -0.2) is 4.79 Å². The van der Waals surface area contributed by atoms with E-state index in [1.807, 2.05) is 13.8 Å². The number of nitrogens with one attached hydrogen (secondary N) is 1. The number of barbiturate groups is 1. The van der Waals surface area contributed by atoms with E-state index in [9.17, 15) is 14.4 Å². The molecule has 2 saturated heterocycles. The first-order valence-electron chi connectivity index (χ1n) is 7.36. The number of amides is 4. The van der Waals surface area contributed by atoms with Crippen molar-refractivity contribution in [1.82, 2.24) is 15.1 Å². The van der Waals surface area contributed by atoms with Gasteiger partial charge in [0.25, 0.3) is 0 Å². The van der Waals surface area contributed by atoms with Crippen LogP contribution in [0.3, 0.4) is 0 Å². The van der Waals surface area contributed by atoms with Crippen LogP contribution >= 0.6 is 0 Å². The van der Waals surface area contributed by atoms with Crippen molar-refractivity contribution in [2.45, 2.75) is 39.7 Å². The second-order valence-electron chi connectivity index (χ2n) is 5.89. The zero-order valence-corrected chi connectivity index (χ0v) is 12.4. The van der Waals surface area contributed by atoms with Gasteiger partial charge in [0.2, 0.25) is 11.8 Å². The summed E-state index contributed by atoms with van der Waals surface area (Å²) in [5.74, 6) is -1.67. The molecular weight excluding hydrogens is 258 g/mol. The highest BCUT2D eigenvalue weighted by atomic mass is 16.2. The van der Waals surface area contributed by atoms with E-state index < -0.39 is 17.9 Å². The fourth-order valence-electron chi connectivity index (χ4n) is 3.12. The standard InChI is InChI=1S/C14H23N3O3/c1-4-16-7-5-6-10(16)8-17-13(19)11(9(2)3)12(18)15-14(17)20/h9-11H,4-8H2,1-3H3,(H,15,18,20). The summed E-state index contributed by atoms with van der Waals surface area (Å²) in [4.78, 5) is 39.6. The summed E-state index contributed by atoms with van der Waals surface area (Å²) < 4.78 is 0. The Bertz CT molecular complexity index is 422. The molecule has 20 heavy (non-hydrogen) atoms. The summed E-state index contributed by atoms with van der Waals surface area (Å²) in [5.41, 5.74) is 0. The minimum absolute atomic E-state index is 0.107. The predicted molar refractivity (Wildman–Crippen MR) is 73.8 cm³/mol. The van der Waals surface area contributed by atoms with E-state index in [0.717, 1.165) is 25.9 Å². The van der Waals surface area contributed by atoms with Crippen molar-refractivity contribution in [1.29, 1.82) is 0 Å². The monoisotopic (exact) mass is 281 g/mol. The fourth-order valence-corrected chi connectivity index (χ4v) is 3.12. The molecule has 0 aromatic rings. The number of carbonyl (C=O) groups excluding carboxylic acids is 3. The highest BCUT2D eigenvalue weighted by Crippen LogP contribution is 2.23. The minimum Gasteiger partial charge on any atom is -0.299 e. The molecule has 2 aliphatic heterocycles. The lowest BCUT2D eigenvalue weighted by Crippen LogP contribution is -2.61. The summed E-state index contributed by atoms with van der Waals surface area (Å²) in [6.45, 7) is 8.04. The number of likely N-dealkylation sites (N-methyl/N-ethyl adjacent to an activating group) is 1. The van der Waals surface area contributed by atoms with Crippen molar-refractivity contribution in [3.05, 3.63) is 0 Å². The third kappa shape index (κ3) is 2.70. The predicted octanol–water partition coefficient (Wildman–Crippen LogP) is 0.821. The van der Waals surface area contributed by atoms with Crippen molar-refractivity contribution >= 4 is 17.8 Å². The molecule has 1 N–H and O–H groups in total. The molecule has 6 heteroatoms. The van der Waals surface area contributed by atoms with Crippen LogP contribution in [-0.4, -0.2) is 53.3 Å². The third-order valence-electron chi connectivity index (χ3n) is 4.26. The van der Waals surface area contributed by atoms with Crippen LogP contribution in [0, 0.1) is 11.8 Å². The number of likely N-dealkylation sites (tertiary alicyclic amines) is 1. The first-order valence-corrected chi connectivity index (χ1v) is 7.36. The summed E-state index contributed by atoms with van der Waals surface area (Å²) in [6, 6.07) is -0.351. The van der Waals surface area contributed by atoms with E-state index in [1.165, 1.54) is 4.90 Å².